The first-order chi connectivity index (χ1) is 13.9. The number of carbonyl (C=O) groups is 3. The van der Waals surface area contributed by atoms with E-state index in [1.807, 2.05) is 32.6 Å². The zero-order chi connectivity index (χ0) is 22.5. The molecule has 0 unspecified atom stereocenters. The summed E-state index contributed by atoms with van der Waals surface area (Å²) in [6, 6.07) is 3.44. The summed E-state index contributed by atoms with van der Waals surface area (Å²) >= 11 is 0. The number of nitro benzene ring substituents is 1. The highest BCUT2D eigenvalue weighted by atomic mass is 16.6. The molecule has 1 fully saturated rings. The average molecular weight is 416 g/mol. The van der Waals surface area contributed by atoms with E-state index in [0.717, 1.165) is 15.5 Å². The molecule has 9 heteroatoms. The number of rotatable bonds is 4. The summed E-state index contributed by atoms with van der Waals surface area (Å²) in [4.78, 5) is 54.4. The van der Waals surface area contributed by atoms with Gasteiger partial charge in [0.05, 0.1) is 11.0 Å². The topological polar surface area (TPSA) is 104 Å². The lowest BCUT2D eigenvalue weighted by Crippen LogP contribution is -2.72. The molecule has 1 atom stereocenters. The molecule has 0 saturated carbocycles. The summed E-state index contributed by atoms with van der Waals surface area (Å²) in [5.41, 5.74) is -0.256. The molecule has 0 aromatic heterocycles. The van der Waals surface area contributed by atoms with E-state index in [2.05, 4.69) is 0 Å². The monoisotopic (exact) mass is 416 g/mol. The van der Waals surface area contributed by atoms with Crippen molar-refractivity contribution in [2.75, 3.05) is 25.5 Å². The van der Waals surface area contributed by atoms with Gasteiger partial charge in [-0.3, -0.25) is 29.5 Å². The third kappa shape index (κ3) is 3.03. The van der Waals surface area contributed by atoms with Crippen LogP contribution in [0.5, 0.6) is 0 Å². The Morgan fingerprint density at radius 3 is 2.13 bits per heavy atom. The number of hydrogen-bond donors (Lipinski definition) is 0. The van der Waals surface area contributed by atoms with Crippen LogP contribution in [0.15, 0.2) is 18.2 Å². The van der Waals surface area contributed by atoms with Gasteiger partial charge in [0.15, 0.2) is 5.41 Å². The van der Waals surface area contributed by atoms with Gasteiger partial charge in [-0.05, 0) is 23.5 Å². The van der Waals surface area contributed by atoms with Crippen molar-refractivity contribution in [3.8, 4) is 0 Å². The highest BCUT2D eigenvalue weighted by Crippen LogP contribution is 2.48. The molecule has 1 saturated heterocycles. The number of urea groups is 1. The Kier molecular flexibility index (Phi) is 5.34. The zero-order valence-corrected chi connectivity index (χ0v) is 18.2. The highest BCUT2D eigenvalue weighted by molar-refractivity contribution is 6.20. The Hall–Kier alpha value is -2.97. The quantitative estimate of drug-likeness (QED) is 0.425. The van der Waals surface area contributed by atoms with Gasteiger partial charge in [0, 0.05) is 44.9 Å². The molecule has 0 aliphatic carbocycles. The summed E-state index contributed by atoms with van der Waals surface area (Å²) in [6.45, 7) is 8.55. The minimum atomic E-state index is -1.53. The molecule has 4 amide bonds. The van der Waals surface area contributed by atoms with Crippen LogP contribution in [-0.4, -0.2) is 59.3 Å². The van der Waals surface area contributed by atoms with Crippen molar-refractivity contribution in [1.29, 1.82) is 0 Å². The van der Waals surface area contributed by atoms with Gasteiger partial charge in [-0.15, -0.1) is 0 Å². The van der Waals surface area contributed by atoms with Crippen molar-refractivity contribution in [1.82, 2.24) is 9.80 Å². The normalized spacial score (nSPS) is 21.1. The molecule has 2 heterocycles. The predicted molar refractivity (Wildman–Crippen MR) is 111 cm³/mol. The molecule has 3 rings (SSSR count). The van der Waals surface area contributed by atoms with E-state index in [4.69, 9.17) is 0 Å². The molecular formula is C21H28N4O5. The fourth-order valence-corrected chi connectivity index (χ4v) is 4.96. The van der Waals surface area contributed by atoms with E-state index in [-0.39, 0.29) is 23.9 Å². The second-order valence-electron chi connectivity index (χ2n) is 8.96. The molecule has 9 nitrogen and oxygen atoms in total. The number of nitro groups is 1. The van der Waals surface area contributed by atoms with Crippen molar-refractivity contribution < 1.29 is 19.3 Å². The second kappa shape index (κ2) is 7.37. The molecule has 1 aromatic carbocycles. The van der Waals surface area contributed by atoms with Crippen molar-refractivity contribution in [3.63, 3.8) is 0 Å². The van der Waals surface area contributed by atoms with Crippen molar-refractivity contribution in [3.05, 3.63) is 33.9 Å². The molecule has 0 bridgehead atoms. The fourth-order valence-electron chi connectivity index (χ4n) is 4.96. The summed E-state index contributed by atoms with van der Waals surface area (Å²) in [5, 5.41) is 11.4. The van der Waals surface area contributed by atoms with Crippen LogP contribution < -0.4 is 4.90 Å². The van der Waals surface area contributed by atoms with E-state index in [9.17, 15) is 24.5 Å². The minimum Gasteiger partial charge on any atom is -0.366 e. The van der Waals surface area contributed by atoms with Gasteiger partial charge in [-0.25, -0.2) is 4.79 Å². The number of non-ortho nitro benzene ring substituents is 1. The van der Waals surface area contributed by atoms with Crippen molar-refractivity contribution >= 4 is 29.2 Å². The van der Waals surface area contributed by atoms with E-state index >= 15 is 0 Å². The first kappa shape index (κ1) is 21.7. The Morgan fingerprint density at radius 2 is 1.67 bits per heavy atom. The summed E-state index contributed by atoms with van der Waals surface area (Å²) in [5.74, 6) is -0.981. The molecule has 30 heavy (non-hydrogen) atoms. The lowest BCUT2D eigenvalue weighted by molar-refractivity contribution is -0.384. The number of benzene rings is 1. The second-order valence-corrected chi connectivity index (χ2v) is 8.96. The van der Waals surface area contributed by atoms with Crippen LogP contribution in [-0.2, 0) is 16.0 Å². The van der Waals surface area contributed by atoms with Crippen LogP contribution in [0.2, 0.25) is 0 Å². The molecule has 2 aliphatic rings. The van der Waals surface area contributed by atoms with Gasteiger partial charge < -0.3 is 4.90 Å². The molecule has 162 valence electrons. The van der Waals surface area contributed by atoms with Gasteiger partial charge in [0.1, 0.15) is 0 Å². The Morgan fingerprint density at radius 1 is 1.10 bits per heavy atom. The van der Waals surface area contributed by atoms with Gasteiger partial charge >= 0.3 is 6.03 Å². The van der Waals surface area contributed by atoms with Gasteiger partial charge in [-0.1, -0.05) is 27.7 Å². The molecule has 0 radical (unpaired) electrons. The van der Waals surface area contributed by atoms with Crippen molar-refractivity contribution in [2.24, 2.45) is 17.3 Å². The fraction of sp³-hybridized carbons (Fsp3) is 0.571. The minimum absolute atomic E-state index is 0.0150. The first-order valence-corrected chi connectivity index (χ1v) is 10.1. The maximum absolute atomic E-state index is 13.5. The summed E-state index contributed by atoms with van der Waals surface area (Å²) < 4.78 is 0. The average Bonchev–Trinajstić information content (AvgIpc) is 2.68. The maximum Gasteiger partial charge on any atom is 0.332 e. The smallest absolute Gasteiger partial charge is 0.332 e. The van der Waals surface area contributed by atoms with E-state index in [1.54, 1.807) is 6.07 Å². The van der Waals surface area contributed by atoms with Gasteiger partial charge in [-0.2, -0.15) is 0 Å². The standard InChI is InChI=1S/C21H28N4O5/c1-12(2)11-24-16-8-7-15(25(29)30)9-14(16)10-21(17(24)13(3)4)18(26)22(5)20(28)23(6)19(21)27/h7-9,12-13,17H,10-11H2,1-6H3/t17-/m1/s1. The number of anilines is 1. The lowest BCUT2D eigenvalue weighted by atomic mass is 9.64. The molecule has 2 aliphatic heterocycles. The third-order valence-corrected chi connectivity index (χ3v) is 6.03. The Balaban J connectivity index is 2.31. The van der Waals surface area contributed by atoms with Gasteiger partial charge in [0.25, 0.3) is 5.69 Å². The SMILES string of the molecule is CC(C)CN1c2ccc([N+](=O)[O-])cc2CC2(C(=O)N(C)C(=O)N(C)C2=O)[C@H]1C(C)C. The van der Waals surface area contributed by atoms with Crippen LogP contribution in [0, 0.1) is 27.4 Å². The summed E-state index contributed by atoms with van der Waals surface area (Å²) in [6.07, 6.45) is 0.0150. The number of imide groups is 2. The van der Waals surface area contributed by atoms with Crippen LogP contribution in [0.1, 0.15) is 33.3 Å². The number of hydrogen-bond acceptors (Lipinski definition) is 6. The Labute approximate surface area is 175 Å². The van der Waals surface area contributed by atoms with Crippen molar-refractivity contribution in [2.45, 2.75) is 40.2 Å². The number of barbiturate groups is 1. The number of fused-ring (bicyclic) bond motifs is 1. The van der Waals surface area contributed by atoms with Crippen LogP contribution in [0.3, 0.4) is 0 Å². The van der Waals surface area contributed by atoms with E-state index < -0.39 is 34.2 Å². The molecule has 0 N–H and O–H groups in total. The number of amides is 4. The van der Waals surface area contributed by atoms with E-state index in [1.165, 1.54) is 26.2 Å². The largest absolute Gasteiger partial charge is 0.366 e. The van der Waals surface area contributed by atoms with Crippen LogP contribution >= 0.6 is 0 Å². The number of nitrogens with zero attached hydrogens (tertiary/aromatic N) is 4. The van der Waals surface area contributed by atoms with Crippen LogP contribution in [0.4, 0.5) is 16.2 Å². The molecule has 1 spiro atoms. The Bertz CT molecular complexity index is 902. The first-order valence-electron chi connectivity index (χ1n) is 10.1. The van der Waals surface area contributed by atoms with Crippen LogP contribution in [0.25, 0.3) is 0 Å². The van der Waals surface area contributed by atoms with E-state index in [0.29, 0.717) is 12.1 Å². The molecule has 1 aromatic rings. The summed E-state index contributed by atoms with van der Waals surface area (Å²) in [7, 11) is 2.75. The number of carbonyl (C=O) groups excluding carboxylic acids is 3. The zero-order valence-electron chi connectivity index (χ0n) is 18.2. The van der Waals surface area contributed by atoms with Gasteiger partial charge in [0.2, 0.25) is 11.8 Å². The molecular weight excluding hydrogens is 388 g/mol. The maximum atomic E-state index is 13.5. The third-order valence-electron chi connectivity index (χ3n) is 6.03. The lowest BCUT2D eigenvalue weighted by Gasteiger charge is -2.54. The predicted octanol–water partition coefficient (Wildman–Crippen LogP) is 2.67. The highest BCUT2D eigenvalue weighted by Gasteiger charge is 2.63.